The third kappa shape index (κ3) is 4.51. The zero-order valence-electron chi connectivity index (χ0n) is 15.2. The third-order valence-corrected chi connectivity index (χ3v) is 4.02. The molecule has 1 amide bonds. The topological polar surface area (TPSA) is 32.8 Å². The van der Waals surface area contributed by atoms with Gasteiger partial charge in [-0.3, -0.25) is 0 Å². The van der Waals surface area contributed by atoms with Crippen LogP contribution in [0.15, 0.2) is 0 Å². The number of ether oxygens (including phenoxy) is 1. The van der Waals surface area contributed by atoms with Crippen LogP contribution in [0.3, 0.4) is 0 Å². The maximum Gasteiger partial charge on any atom is 0.434 e. The van der Waals surface area contributed by atoms with E-state index in [9.17, 15) is 31.1 Å². The van der Waals surface area contributed by atoms with Crippen LogP contribution in [-0.4, -0.2) is 110 Å². The first-order valence-electron chi connectivity index (χ1n) is 7.66. The molecule has 0 spiro atoms. The van der Waals surface area contributed by atoms with Crippen molar-refractivity contribution in [3.05, 3.63) is 0 Å². The number of hydrogen-bond acceptors (Lipinski definition) is 3. The van der Waals surface area contributed by atoms with E-state index < -0.39 is 52.6 Å². The highest BCUT2D eigenvalue weighted by Crippen LogP contribution is 2.40. The molecule has 0 saturated carbocycles. The van der Waals surface area contributed by atoms with E-state index in [0.717, 1.165) is 4.90 Å². The molecule has 0 aromatic rings. The van der Waals surface area contributed by atoms with Gasteiger partial charge in [-0.1, -0.05) is 0 Å². The van der Waals surface area contributed by atoms with Gasteiger partial charge in [0.25, 0.3) is 6.10 Å². The minimum absolute atomic E-state index is 0.0483. The SMILES string of the molecule is [B]C1N(C(=O)OC(C(F)(F)F)C(F)(F)F)C([B])C([B])([B])N(C(C)(C)C)C1([B])[B]. The summed E-state index contributed by atoms with van der Waals surface area (Å²) in [6.45, 7) is 4.60. The molecule has 1 fully saturated rings. The van der Waals surface area contributed by atoms with Crippen LogP contribution in [-0.2, 0) is 4.74 Å². The van der Waals surface area contributed by atoms with Gasteiger partial charge in [0.15, 0.2) is 0 Å². The summed E-state index contributed by atoms with van der Waals surface area (Å²) >= 11 is 0. The molecule has 142 valence electrons. The molecule has 0 aromatic heterocycles. The van der Waals surface area contributed by atoms with E-state index in [1.807, 2.05) is 0 Å². The maximum atomic E-state index is 12.7. The fourth-order valence-corrected chi connectivity index (χ4v) is 3.09. The monoisotopic (exact) mass is 396 g/mol. The number of carbonyl (C=O) groups is 1. The number of halogens is 6. The number of hydrogen-bond donors (Lipinski definition) is 0. The molecule has 2 atom stereocenters. The van der Waals surface area contributed by atoms with Crippen molar-refractivity contribution in [1.29, 1.82) is 0 Å². The molecular weight excluding hydrogens is 383 g/mol. The molecule has 28 heavy (non-hydrogen) atoms. The predicted molar refractivity (Wildman–Crippen MR) is 93.4 cm³/mol. The lowest BCUT2D eigenvalue weighted by Gasteiger charge is -2.69. The second-order valence-corrected chi connectivity index (χ2v) is 7.42. The van der Waals surface area contributed by atoms with Crippen LogP contribution < -0.4 is 0 Å². The molecule has 16 heteroatoms. The van der Waals surface area contributed by atoms with Crippen molar-refractivity contribution in [2.24, 2.45) is 0 Å². The van der Waals surface area contributed by atoms with Gasteiger partial charge in [0, 0.05) is 5.54 Å². The lowest BCUT2D eigenvalue weighted by Crippen LogP contribution is -2.85. The van der Waals surface area contributed by atoms with Crippen molar-refractivity contribution < 1.29 is 35.9 Å². The molecule has 4 nitrogen and oxygen atoms in total. The van der Waals surface area contributed by atoms with Gasteiger partial charge in [0.1, 0.15) is 0 Å². The Morgan fingerprint density at radius 1 is 0.893 bits per heavy atom. The number of carbonyl (C=O) groups excluding carboxylic acids is 1. The quantitative estimate of drug-likeness (QED) is 0.463. The highest BCUT2D eigenvalue weighted by molar-refractivity contribution is 6.49. The van der Waals surface area contributed by atoms with Gasteiger partial charge in [-0.25, -0.2) is 4.79 Å². The first-order valence-corrected chi connectivity index (χ1v) is 7.66. The van der Waals surface area contributed by atoms with Gasteiger partial charge >= 0.3 is 18.4 Å². The van der Waals surface area contributed by atoms with Crippen LogP contribution in [0.5, 0.6) is 0 Å². The Morgan fingerprint density at radius 3 is 1.46 bits per heavy atom. The van der Waals surface area contributed by atoms with Gasteiger partial charge in [0.05, 0.1) is 47.1 Å². The standard InChI is InChI=1S/C12H12B6F6N2O2/c1-8(2,3)26-9(15,16)5(13)25(6(14)10(26,17)18)7(27)28-4(11(19,20)21)12(22,23)24/h4-6H,1-3H3. The summed E-state index contributed by atoms with van der Waals surface area (Å²) in [5, 5.41) is -4.61. The summed E-state index contributed by atoms with van der Waals surface area (Å²) in [6.07, 6.45) is -18.6. The van der Waals surface area contributed by atoms with Gasteiger partial charge in [-0.2, -0.15) is 26.3 Å². The smallest absolute Gasteiger partial charge is 0.426 e. The Hall–Kier alpha value is -0.800. The lowest BCUT2D eigenvalue weighted by atomic mass is 9.40. The van der Waals surface area contributed by atoms with Gasteiger partial charge in [0.2, 0.25) is 0 Å². The summed E-state index contributed by atoms with van der Waals surface area (Å²) in [6, 6.07) is 0. The molecule has 1 heterocycles. The van der Waals surface area contributed by atoms with E-state index >= 15 is 0 Å². The number of alkyl halides is 6. The second kappa shape index (κ2) is 7.16. The van der Waals surface area contributed by atoms with E-state index in [4.69, 9.17) is 47.1 Å². The minimum atomic E-state index is -5.96. The van der Waals surface area contributed by atoms with Crippen molar-refractivity contribution >= 4 is 53.2 Å². The Morgan fingerprint density at radius 2 is 1.21 bits per heavy atom. The zero-order valence-corrected chi connectivity index (χ0v) is 15.2. The summed E-state index contributed by atoms with van der Waals surface area (Å²) in [4.78, 5) is 13.2. The van der Waals surface area contributed by atoms with Gasteiger partial charge in [-0.05, 0) is 43.3 Å². The first kappa shape index (κ1) is 25.2. The van der Waals surface area contributed by atoms with Crippen molar-refractivity contribution in [3.63, 3.8) is 0 Å². The molecule has 0 aromatic carbocycles. The van der Waals surface area contributed by atoms with Gasteiger partial charge < -0.3 is 14.5 Å². The molecule has 1 aliphatic rings. The van der Waals surface area contributed by atoms with E-state index in [1.165, 1.54) is 20.8 Å². The summed E-state index contributed by atoms with van der Waals surface area (Å²) in [5.41, 5.74) is -1.03. The number of amides is 1. The van der Waals surface area contributed by atoms with Crippen molar-refractivity contribution in [1.82, 2.24) is 9.80 Å². The Balaban J connectivity index is 3.37. The van der Waals surface area contributed by atoms with Crippen LogP contribution in [0.2, 0.25) is 0 Å². The largest absolute Gasteiger partial charge is 0.434 e. The average Bonchev–Trinajstić information content (AvgIpc) is 2.38. The number of nitrogens with zero attached hydrogens (tertiary/aromatic N) is 2. The van der Waals surface area contributed by atoms with E-state index in [-0.39, 0.29) is 4.90 Å². The summed E-state index contributed by atoms with van der Waals surface area (Å²) in [5.74, 6) is -3.87. The van der Waals surface area contributed by atoms with Crippen LogP contribution in [0.1, 0.15) is 20.8 Å². The molecule has 12 radical (unpaired) electrons. The van der Waals surface area contributed by atoms with Crippen LogP contribution in [0.4, 0.5) is 31.1 Å². The maximum absolute atomic E-state index is 12.7. The Bertz CT molecular complexity index is 573. The van der Waals surface area contributed by atoms with E-state index in [2.05, 4.69) is 4.74 Å². The van der Waals surface area contributed by atoms with E-state index in [1.54, 1.807) is 0 Å². The normalized spacial score (nSPS) is 26.3. The fourth-order valence-electron chi connectivity index (χ4n) is 3.09. The molecule has 0 N–H and O–H groups in total. The highest BCUT2D eigenvalue weighted by atomic mass is 19.4. The average molecular weight is 395 g/mol. The van der Waals surface area contributed by atoms with Crippen molar-refractivity contribution in [2.45, 2.75) is 67.3 Å². The molecule has 1 saturated heterocycles. The molecule has 2 unspecified atom stereocenters. The fraction of sp³-hybridized carbons (Fsp3) is 0.917. The predicted octanol–water partition coefficient (Wildman–Crippen LogP) is 0.00310. The molecule has 0 aliphatic carbocycles. The van der Waals surface area contributed by atoms with Crippen molar-refractivity contribution in [3.8, 4) is 0 Å². The summed E-state index contributed by atoms with van der Waals surface area (Å²) in [7, 11) is 35.0. The minimum Gasteiger partial charge on any atom is -0.426 e. The molecule has 0 bridgehead atoms. The number of rotatable bonds is 1. The summed E-state index contributed by atoms with van der Waals surface area (Å²) < 4.78 is 79.7. The lowest BCUT2D eigenvalue weighted by molar-refractivity contribution is -0.309. The number of piperazine rings is 1. The first-order chi connectivity index (χ1) is 12.1. The Kier molecular flexibility index (Phi) is 6.45. The molecule has 1 aliphatic heterocycles. The third-order valence-electron chi connectivity index (χ3n) is 4.02. The second-order valence-electron chi connectivity index (χ2n) is 7.42. The van der Waals surface area contributed by atoms with Crippen LogP contribution in [0.25, 0.3) is 0 Å². The van der Waals surface area contributed by atoms with Crippen LogP contribution >= 0.6 is 0 Å². The molecular formula is C12H12B6F6N2O2. The molecule has 1 rings (SSSR count). The van der Waals surface area contributed by atoms with E-state index in [0.29, 0.717) is 0 Å². The zero-order chi connectivity index (χ0) is 22.7. The Labute approximate surface area is 166 Å². The van der Waals surface area contributed by atoms with Crippen LogP contribution in [0, 0.1) is 0 Å². The highest BCUT2D eigenvalue weighted by Gasteiger charge is 2.62. The van der Waals surface area contributed by atoms with Gasteiger partial charge in [-0.15, -0.1) is 0 Å². The van der Waals surface area contributed by atoms with Crippen molar-refractivity contribution in [2.75, 3.05) is 0 Å².